The Morgan fingerprint density at radius 2 is 1.73 bits per heavy atom. The second-order valence-corrected chi connectivity index (χ2v) is 7.88. The van der Waals surface area contributed by atoms with Gasteiger partial charge in [0.25, 0.3) is 0 Å². The molecule has 0 radical (unpaired) electrons. The summed E-state index contributed by atoms with van der Waals surface area (Å²) in [7, 11) is 0. The predicted octanol–water partition coefficient (Wildman–Crippen LogP) is 3.60. The maximum absolute atomic E-state index is 12.6. The number of piperazine rings is 1. The number of benzene rings is 2. The number of aryl methyl sites for hydroxylation is 1. The molecule has 0 bridgehead atoms. The molecule has 0 aliphatic carbocycles. The number of hydrogen-bond acceptors (Lipinski definition) is 3. The second kappa shape index (κ2) is 9.55. The molecule has 1 amide bonds. The Labute approximate surface area is 178 Å². The molecule has 1 aliphatic heterocycles. The molecular formula is C25H28N4O. The summed E-state index contributed by atoms with van der Waals surface area (Å²) in [6.07, 6.45) is 7.29. The highest BCUT2D eigenvalue weighted by Gasteiger charge is 2.19. The fraction of sp³-hybridized carbons (Fsp3) is 0.280. The van der Waals surface area contributed by atoms with Gasteiger partial charge in [-0.05, 0) is 24.1 Å². The average molecular weight is 401 g/mol. The number of hydrogen-bond donors (Lipinski definition) is 0. The highest BCUT2D eigenvalue weighted by Crippen LogP contribution is 2.11. The quantitative estimate of drug-likeness (QED) is 0.594. The molecule has 1 aromatic heterocycles. The van der Waals surface area contributed by atoms with E-state index in [9.17, 15) is 4.79 Å². The Bertz CT molecular complexity index is 1000. The zero-order valence-corrected chi connectivity index (χ0v) is 17.4. The maximum Gasteiger partial charge on any atom is 0.246 e. The number of amides is 1. The lowest BCUT2D eigenvalue weighted by Gasteiger charge is -2.34. The van der Waals surface area contributed by atoms with E-state index in [0.29, 0.717) is 0 Å². The number of aromatic nitrogens is 2. The molecule has 5 nitrogen and oxygen atoms in total. The van der Waals surface area contributed by atoms with Crippen LogP contribution in [0.3, 0.4) is 0 Å². The Morgan fingerprint density at radius 1 is 0.967 bits per heavy atom. The minimum atomic E-state index is 0.0704. The summed E-state index contributed by atoms with van der Waals surface area (Å²) >= 11 is 0. The van der Waals surface area contributed by atoms with Crippen molar-refractivity contribution < 1.29 is 4.79 Å². The van der Waals surface area contributed by atoms with Gasteiger partial charge in [0.05, 0.1) is 12.7 Å². The molecule has 3 aromatic rings. The number of nitrogens with zero attached hydrogens (tertiary/aromatic N) is 4. The number of carbonyl (C=O) groups excluding carboxylic acids is 1. The van der Waals surface area contributed by atoms with Crippen LogP contribution in [0.15, 0.2) is 73.1 Å². The van der Waals surface area contributed by atoms with Crippen LogP contribution in [0, 0.1) is 6.92 Å². The summed E-state index contributed by atoms with van der Waals surface area (Å²) in [5.74, 6) is 0.0704. The van der Waals surface area contributed by atoms with Gasteiger partial charge in [0.2, 0.25) is 5.91 Å². The molecule has 5 heteroatoms. The van der Waals surface area contributed by atoms with Gasteiger partial charge in [0.1, 0.15) is 0 Å². The van der Waals surface area contributed by atoms with Gasteiger partial charge in [-0.15, -0.1) is 0 Å². The van der Waals surface area contributed by atoms with Crippen molar-refractivity contribution in [1.29, 1.82) is 0 Å². The van der Waals surface area contributed by atoms with Gasteiger partial charge < -0.3 is 4.90 Å². The Morgan fingerprint density at radius 3 is 2.50 bits per heavy atom. The normalized spacial score (nSPS) is 15.0. The van der Waals surface area contributed by atoms with Crippen LogP contribution < -0.4 is 0 Å². The van der Waals surface area contributed by atoms with Gasteiger partial charge in [-0.2, -0.15) is 5.10 Å². The zero-order valence-electron chi connectivity index (χ0n) is 17.4. The van der Waals surface area contributed by atoms with Gasteiger partial charge in [-0.3, -0.25) is 14.4 Å². The topological polar surface area (TPSA) is 41.4 Å². The molecule has 0 atom stereocenters. The maximum atomic E-state index is 12.6. The largest absolute Gasteiger partial charge is 0.337 e. The fourth-order valence-electron chi connectivity index (χ4n) is 3.79. The van der Waals surface area contributed by atoms with Crippen LogP contribution in [0.1, 0.15) is 22.3 Å². The first kappa shape index (κ1) is 20.1. The molecule has 154 valence electrons. The van der Waals surface area contributed by atoms with Crippen LogP contribution >= 0.6 is 0 Å². The van der Waals surface area contributed by atoms with E-state index in [0.717, 1.165) is 44.8 Å². The molecule has 1 aliphatic rings. The zero-order chi connectivity index (χ0) is 20.8. The van der Waals surface area contributed by atoms with Gasteiger partial charge in [-0.25, -0.2) is 0 Å². The van der Waals surface area contributed by atoms with Gasteiger partial charge in [0.15, 0.2) is 0 Å². The van der Waals surface area contributed by atoms with Gasteiger partial charge in [0, 0.05) is 50.6 Å². The lowest BCUT2D eigenvalue weighted by atomic mass is 10.1. The third-order valence-corrected chi connectivity index (χ3v) is 5.43. The molecule has 0 saturated carbocycles. The fourth-order valence-corrected chi connectivity index (χ4v) is 3.79. The van der Waals surface area contributed by atoms with Crippen molar-refractivity contribution in [2.24, 2.45) is 0 Å². The van der Waals surface area contributed by atoms with Crippen molar-refractivity contribution >= 4 is 12.0 Å². The molecule has 4 rings (SSSR count). The SMILES string of the molecule is Cc1cccc(CN2CCN(C(=O)/C=C/c3cnn(Cc4ccccc4)c3)CC2)c1. The van der Waals surface area contributed by atoms with E-state index < -0.39 is 0 Å². The first-order valence-electron chi connectivity index (χ1n) is 10.5. The highest BCUT2D eigenvalue weighted by molar-refractivity contribution is 5.91. The van der Waals surface area contributed by atoms with Crippen molar-refractivity contribution in [3.05, 3.63) is 95.3 Å². The first-order chi connectivity index (χ1) is 14.7. The summed E-state index contributed by atoms with van der Waals surface area (Å²) in [6.45, 7) is 7.14. The minimum Gasteiger partial charge on any atom is -0.337 e. The Hall–Kier alpha value is -3.18. The van der Waals surface area contributed by atoms with Crippen molar-refractivity contribution in [2.75, 3.05) is 26.2 Å². The van der Waals surface area contributed by atoms with E-state index in [1.165, 1.54) is 16.7 Å². The first-order valence-corrected chi connectivity index (χ1v) is 10.5. The molecule has 1 fully saturated rings. The van der Waals surface area contributed by atoms with E-state index in [-0.39, 0.29) is 5.91 Å². The summed E-state index contributed by atoms with van der Waals surface area (Å²) in [6, 6.07) is 18.9. The number of rotatable bonds is 6. The monoisotopic (exact) mass is 400 g/mol. The van der Waals surface area contributed by atoms with E-state index in [4.69, 9.17) is 0 Å². The minimum absolute atomic E-state index is 0.0704. The molecule has 30 heavy (non-hydrogen) atoms. The number of carbonyl (C=O) groups is 1. The second-order valence-electron chi connectivity index (χ2n) is 7.88. The summed E-state index contributed by atoms with van der Waals surface area (Å²) < 4.78 is 1.89. The van der Waals surface area contributed by atoms with E-state index in [2.05, 4.69) is 53.3 Å². The van der Waals surface area contributed by atoms with E-state index >= 15 is 0 Å². The van der Waals surface area contributed by atoms with E-state index in [1.54, 1.807) is 12.3 Å². The summed E-state index contributed by atoms with van der Waals surface area (Å²) in [5.41, 5.74) is 4.77. The standard InChI is InChI=1S/C25H28N4O/c1-21-6-5-9-23(16-21)18-27-12-14-28(15-13-27)25(30)11-10-24-17-26-29(20-24)19-22-7-3-2-4-8-22/h2-11,16-17,20H,12-15,18-19H2,1H3/b11-10+. The molecular weight excluding hydrogens is 372 g/mol. The Balaban J connectivity index is 1.26. The molecule has 2 heterocycles. The highest BCUT2D eigenvalue weighted by atomic mass is 16.2. The lowest BCUT2D eigenvalue weighted by molar-refractivity contribution is -0.127. The van der Waals surface area contributed by atoms with Crippen LogP contribution in [0.2, 0.25) is 0 Å². The van der Waals surface area contributed by atoms with Crippen molar-refractivity contribution in [2.45, 2.75) is 20.0 Å². The molecule has 0 N–H and O–H groups in total. The molecule has 1 saturated heterocycles. The third-order valence-electron chi connectivity index (χ3n) is 5.43. The van der Waals surface area contributed by atoms with Crippen molar-refractivity contribution in [1.82, 2.24) is 19.6 Å². The predicted molar refractivity (Wildman–Crippen MR) is 120 cm³/mol. The van der Waals surface area contributed by atoms with Crippen LogP contribution in [0.5, 0.6) is 0 Å². The Kier molecular flexibility index (Phi) is 6.40. The van der Waals surface area contributed by atoms with E-state index in [1.807, 2.05) is 40.1 Å². The van der Waals surface area contributed by atoms with Crippen LogP contribution in [-0.2, 0) is 17.9 Å². The molecule has 0 unspecified atom stereocenters. The smallest absolute Gasteiger partial charge is 0.246 e. The van der Waals surface area contributed by atoms with Crippen LogP contribution in [0.4, 0.5) is 0 Å². The van der Waals surface area contributed by atoms with Crippen molar-refractivity contribution in [3.63, 3.8) is 0 Å². The van der Waals surface area contributed by atoms with Crippen LogP contribution in [0.25, 0.3) is 6.08 Å². The third kappa shape index (κ3) is 5.45. The lowest BCUT2D eigenvalue weighted by Crippen LogP contribution is -2.47. The summed E-state index contributed by atoms with van der Waals surface area (Å²) in [4.78, 5) is 16.9. The molecule has 2 aromatic carbocycles. The van der Waals surface area contributed by atoms with Gasteiger partial charge in [-0.1, -0.05) is 60.2 Å². The van der Waals surface area contributed by atoms with Crippen molar-refractivity contribution in [3.8, 4) is 0 Å². The summed E-state index contributed by atoms with van der Waals surface area (Å²) in [5, 5.41) is 4.39. The van der Waals surface area contributed by atoms with Gasteiger partial charge >= 0.3 is 0 Å². The average Bonchev–Trinajstić information content (AvgIpc) is 3.20. The van der Waals surface area contributed by atoms with Crippen LogP contribution in [-0.4, -0.2) is 51.7 Å². The molecule has 0 spiro atoms.